The highest BCUT2D eigenvalue weighted by atomic mass is 35.5. The first-order chi connectivity index (χ1) is 8.35. The first-order valence-corrected chi connectivity index (χ1v) is 8.21. The van der Waals surface area contributed by atoms with E-state index in [1.807, 2.05) is 6.92 Å². The Morgan fingerprint density at radius 1 is 1.53 bits per heavy atom. The van der Waals surface area contributed by atoms with Gasteiger partial charge in [-0.15, -0.1) is 12.4 Å². The van der Waals surface area contributed by atoms with Crippen LogP contribution < -0.4 is 5.32 Å². The minimum atomic E-state index is -3.09. The summed E-state index contributed by atoms with van der Waals surface area (Å²) in [5.74, 6) is -0.159. The van der Waals surface area contributed by atoms with Crippen molar-refractivity contribution in [3.8, 4) is 0 Å². The zero-order chi connectivity index (χ0) is 13.8. The van der Waals surface area contributed by atoms with Crippen molar-refractivity contribution in [3.63, 3.8) is 0 Å². The number of hydrogen-bond acceptors (Lipinski definition) is 5. The van der Waals surface area contributed by atoms with Gasteiger partial charge in [0, 0.05) is 31.9 Å². The van der Waals surface area contributed by atoms with Gasteiger partial charge in [0.2, 0.25) is 0 Å². The Morgan fingerprint density at radius 3 is 2.58 bits per heavy atom. The first-order valence-electron chi connectivity index (χ1n) is 6.15. The van der Waals surface area contributed by atoms with E-state index >= 15 is 0 Å². The van der Waals surface area contributed by atoms with Crippen molar-refractivity contribution in [2.24, 2.45) is 0 Å². The number of halogens is 1. The van der Waals surface area contributed by atoms with E-state index in [2.05, 4.69) is 5.32 Å². The molecule has 6 nitrogen and oxygen atoms in total. The Hall–Kier alpha value is -0.370. The van der Waals surface area contributed by atoms with Crippen LogP contribution >= 0.6 is 12.4 Å². The Morgan fingerprint density at radius 2 is 2.16 bits per heavy atom. The summed E-state index contributed by atoms with van der Waals surface area (Å²) in [6.45, 7) is 5.81. The number of nitrogens with one attached hydrogen (secondary N) is 1. The highest BCUT2D eigenvalue weighted by molar-refractivity contribution is 7.90. The minimum absolute atomic E-state index is 0. The fraction of sp³-hybridized carbons (Fsp3) is 0.909. The number of amides is 1. The Kier molecular flexibility index (Phi) is 7.88. The van der Waals surface area contributed by atoms with Crippen molar-refractivity contribution in [2.75, 3.05) is 38.2 Å². The SMILES string of the molecule is CCN(C(=O)C1CNCCO1)C(C)CS(C)(=O)=O.Cl. The molecule has 2 atom stereocenters. The second-order valence-corrected chi connectivity index (χ2v) is 6.81. The van der Waals surface area contributed by atoms with Crippen molar-refractivity contribution in [1.29, 1.82) is 0 Å². The van der Waals surface area contributed by atoms with Crippen LogP contribution in [0.1, 0.15) is 13.8 Å². The van der Waals surface area contributed by atoms with E-state index in [4.69, 9.17) is 4.74 Å². The number of hydrogen-bond donors (Lipinski definition) is 1. The van der Waals surface area contributed by atoms with Crippen LogP contribution in [0.5, 0.6) is 0 Å². The lowest BCUT2D eigenvalue weighted by atomic mass is 10.2. The zero-order valence-electron chi connectivity index (χ0n) is 11.6. The zero-order valence-corrected chi connectivity index (χ0v) is 13.2. The monoisotopic (exact) mass is 314 g/mol. The lowest BCUT2D eigenvalue weighted by Crippen LogP contribution is -2.52. The van der Waals surface area contributed by atoms with Gasteiger partial charge in [0.15, 0.2) is 0 Å². The number of sulfone groups is 1. The molecule has 0 bridgehead atoms. The van der Waals surface area contributed by atoms with Crippen LogP contribution in [0.2, 0.25) is 0 Å². The summed E-state index contributed by atoms with van der Waals surface area (Å²) in [5, 5.41) is 3.09. The summed E-state index contributed by atoms with van der Waals surface area (Å²) in [5.41, 5.74) is 0. The van der Waals surface area contributed by atoms with Crippen molar-refractivity contribution in [1.82, 2.24) is 10.2 Å². The van der Waals surface area contributed by atoms with Crippen molar-refractivity contribution in [2.45, 2.75) is 26.0 Å². The van der Waals surface area contributed by atoms with Crippen molar-refractivity contribution < 1.29 is 17.9 Å². The molecule has 0 radical (unpaired) electrons. The smallest absolute Gasteiger partial charge is 0.253 e. The third-order valence-electron chi connectivity index (χ3n) is 2.90. The third-order valence-corrected chi connectivity index (χ3v) is 3.99. The predicted molar refractivity (Wildman–Crippen MR) is 76.4 cm³/mol. The largest absolute Gasteiger partial charge is 0.366 e. The van der Waals surface area contributed by atoms with Gasteiger partial charge < -0.3 is 15.0 Å². The van der Waals surface area contributed by atoms with Crippen molar-refractivity contribution >= 4 is 28.2 Å². The van der Waals surface area contributed by atoms with Gasteiger partial charge in [0.1, 0.15) is 15.9 Å². The molecular weight excluding hydrogens is 292 g/mol. The molecule has 0 aromatic heterocycles. The molecule has 1 heterocycles. The first kappa shape index (κ1) is 18.6. The molecule has 0 aromatic carbocycles. The van der Waals surface area contributed by atoms with E-state index in [1.165, 1.54) is 6.26 Å². The van der Waals surface area contributed by atoms with Gasteiger partial charge in [-0.25, -0.2) is 8.42 Å². The molecular formula is C11H23ClN2O4S. The normalized spacial score (nSPS) is 21.3. The lowest BCUT2D eigenvalue weighted by Gasteiger charge is -2.32. The van der Waals surface area contributed by atoms with Gasteiger partial charge in [-0.1, -0.05) is 0 Å². The fourth-order valence-electron chi connectivity index (χ4n) is 2.12. The molecule has 1 aliphatic heterocycles. The maximum Gasteiger partial charge on any atom is 0.253 e. The van der Waals surface area contributed by atoms with Gasteiger partial charge in [-0.05, 0) is 13.8 Å². The number of likely N-dealkylation sites (N-methyl/N-ethyl adjacent to an activating group) is 1. The second-order valence-electron chi connectivity index (χ2n) is 4.63. The Labute approximate surface area is 121 Å². The van der Waals surface area contributed by atoms with Gasteiger partial charge in [-0.3, -0.25) is 4.79 Å². The molecule has 8 heteroatoms. The standard InChI is InChI=1S/C11H22N2O4S.ClH/c1-4-13(9(2)8-18(3,15)16)11(14)10-7-12-5-6-17-10;/h9-10,12H,4-8H2,1-3H3;1H. The Bertz CT molecular complexity index is 382. The third kappa shape index (κ3) is 6.07. The van der Waals surface area contributed by atoms with Crippen LogP contribution in [-0.4, -0.2) is 69.6 Å². The van der Waals surface area contributed by atoms with E-state index in [0.717, 1.165) is 6.54 Å². The van der Waals surface area contributed by atoms with Gasteiger partial charge in [0.25, 0.3) is 5.91 Å². The topological polar surface area (TPSA) is 75.7 Å². The minimum Gasteiger partial charge on any atom is -0.366 e. The maximum atomic E-state index is 12.2. The van der Waals surface area contributed by atoms with Gasteiger partial charge in [0.05, 0.1) is 12.4 Å². The number of carbonyl (C=O) groups excluding carboxylic acids is 1. The quantitative estimate of drug-likeness (QED) is 0.752. The van der Waals surface area contributed by atoms with E-state index in [-0.39, 0.29) is 30.1 Å². The molecule has 1 saturated heterocycles. The Balaban J connectivity index is 0.00000324. The number of carbonyl (C=O) groups is 1. The molecule has 0 aromatic rings. The lowest BCUT2D eigenvalue weighted by molar-refractivity contribution is -0.146. The average Bonchev–Trinajstić information content (AvgIpc) is 2.28. The number of morpholine rings is 1. The summed E-state index contributed by atoms with van der Waals surface area (Å²) in [7, 11) is -3.09. The molecule has 2 unspecified atom stereocenters. The summed E-state index contributed by atoms with van der Waals surface area (Å²) in [4.78, 5) is 13.8. The fourth-order valence-corrected chi connectivity index (χ4v) is 3.18. The molecule has 1 N–H and O–H groups in total. The second kappa shape index (κ2) is 8.04. The number of nitrogens with zero attached hydrogens (tertiary/aromatic N) is 1. The van der Waals surface area contributed by atoms with E-state index in [9.17, 15) is 13.2 Å². The molecule has 1 rings (SSSR count). The number of ether oxygens (including phenoxy) is 1. The molecule has 1 amide bonds. The summed E-state index contributed by atoms with van der Waals surface area (Å²) >= 11 is 0. The number of rotatable bonds is 5. The summed E-state index contributed by atoms with van der Waals surface area (Å²) in [6.07, 6.45) is 0.682. The molecule has 1 aliphatic rings. The van der Waals surface area contributed by atoms with Crippen LogP contribution in [0.25, 0.3) is 0 Å². The predicted octanol–water partition coefficient (Wildman–Crippen LogP) is -0.322. The van der Waals surface area contributed by atoms with Crippen LogP contribution in [0.4, 0.5) is 0 Å². The average molecular weight is 315 g/mol. The molecule has 0 spiro atoms. The van der Waals surface area contributed by atoms with Crippen molar-refractivity contribution in [3.05, 3.63) is 0 Å². The highest BCUT2D eigenvalue weighted by Crippen LogP contribution is 2.08. The molecule has 0 aliphatic carbocycles. The van der Waals surface area contributed by atoms with E-state index in [1.54, 1.807) is 11.8 Å². The molecule has 0 saturated carbocycles. The van der Waals surface area contributed by atoms with Crippen LogP contribution in [0.15, 0.2) is 0 Å². The summed E-state index contributed by atoms with van der Waals surface area (Å²) in [6, 6.07) is -0.331. The van der Waals surface area contributed by atoms with Crippen LogP contribution in [0.3, 0.4) is 0 Å². The maximum absolute atomic E-state index is 12.2. The van der Waals surface area contributed by atoms with Gasteiger partial charge >= 0.3 is 0 Å². The highest BCUT2D eigenvalue weighted by Gasteiger charge is 2.29. The molecule has 114 valence electrons. The molecule has 19 heavy (non-hydrogen) atoms. The van der Waals surface area contributed by atoms with E-state index in [0.29, 0.717) is 19.7 Å². The summed E-state index contributed by atoms with van der Waals surface area (Å²) < 4.78 is 28.0. The van der Waals surface area contributed by atoms with Crippen LogP contribution in [-0.2, 0) is 19.4 Å². The molecule has 1 fully saturated rings. The van der Waals surface area contributed by atoms with Crippen LogP contribution in [0, 0.1) is 0 Å². The van der Waals surface area contributed by atoms with E-state index < -0.39 is 15.9 Å². The van der Waals surface area contributed by atoms with Gasteiger partial charge in [-0.2, -0.15) is 0 Å².